The van der Waals surface area contributed by atoms with Gasteiger partial charge in [0.25, 0.3) is 5.56 Å². The van der Waals surface area contributed by atoms with Gasteiger partial charge in [0, 0.05) is 26.5 Å². The second kappa shape index (κ2) is 7.34. The minimum atomic E-state index is -0.488. The summed E-state index contributed by atoms with van der Waals surface area (Å²) in [5.74, 6) is 0.826. The molecule has 148 valence electrons. The molecule has 0 saturated carbocycles. The molecule has 0 aliphatic carbocycles. The Bertz CT molecular complexity index is 1340. The molecule has 0 aliphatic rings. The molecule has 29 heavy (non-hydrogen) atoms. The molecule has 1 N–H and O–H groups in total. The van der Waals surface area contributed by atoms with Crippen molar-refractivity contribution in [3.8, 4) is 0 Å². The lowest BCUT2D eigenvalue weighted by Crippen LogP contribution is -2.39. The fourth-order valence-corrected chi connectivity index (χ4v) is 3.31. The van der Waals surface area contributed by atoms with Crippen LogP contribution in [-0.4, -0.2) is 28.7 Å². The summed E-state index contributed by atoms with van der Waals surface area (Å²) in [6, 6.07) is 4.97. The monoisotopic (exact) mass is 431 g/mol. The number of hydrogen-bond acceptors (Lipinski definition) is 6. The summed E-state index contributed by atoms with van der Waals surface area (Å²) in [5, 5.41) is 3.75. The Morgan fingerprint density at radius 1 is 1.07 bits per heavy atom. The van der Waals surface area contributed by atoms with Crippen LogP contribution in [0.1, 0.15) is 5.56 Å². The maximum atomic E-state index is 13.1. The second-order valence-corrected chi connectivity index (χ2v) is 7.18. The van der Waals surface area contributed by atoms with Gasteiger partial charge < -0.3 is 9.88 Å². The van der Waals surface area contributed by atoms with Crippen molar-refractivity contribution in [1.82, 2.24) is 28.7 Å². The summed E-state index contributed by atoms with van der Waals surface area (Å²) in [4.78, 5) is 38.4. The van der Waals surface area contributed by atoms with E-state index in [9.17, 15) is 9.59 Å². The zero-order valence-electron chi connectivity index (χ0n) is 15.4. The highest BCUT2D eigenvalue weighted by Gasteiger charge is 2.19. The van der Waals surface area contributed by atoms with Gasteiger partial charge in [-0.15, -0.1) is 0 Å². The number of benzene rings is 1. The minimum Gasteiger partial charge on any atom is -0.309 e. The average molecular weight is 432 g/mol. The molecule has 0 aliphatic heterocycles. The highest BCUT2D eigenvalue weighted by molar-refractivity contribution is 6.42. The lowest BCUT2D eigenvalue weighted by Gasteiger charge is -2.09. The molecule has 0 atom stereocenters. The lowest BCUT2D eigenvalue weighted by molar-refractivity contribution is 0.655. The summed E-state index contributed by atoms with van der Waals surface area (Å²) in [6.45, 7) is 0.0520. The number of nitrogens with zero attached hydrogens (tertiary/aromatic N) is 6. The number of imidazole rings is 1. The van der Waals surface area contributed by atoms with Crippen LogP contribution in [0.4, 0.5) is 11.8 Å². The molecule has 11 heteroatoms. The number of nitrogens with one attached hydrogen (secondary N) is 1. The van der Waals surface area contributed by atoms with Crippen molar-refractivity contribution in [3.63, 3.8) is 0 Å². The molecular weight excluding hydrogens is 417 g/mol. The van der Waals surface area contributed by atoms with Gasteiger partial charge in [0.1, 0.15) is 0 Å². The summed E-state index contributed by atoms with van der Waals surface area (Å²) in [6.07, 6.45) is 4.61. The van der Waals surface area contributed by atoms with E-state index in [0.29, 0.717) is 27.4 Å². The van der Waals surface area contributed by atoms with E-state index in [4.69, 9.17) is 23.2 Å². The van der Waals surface area contributed by atoms with Gasteiger partial charge in [0.15, 0.2) is 17.0 Å². The van der Waals surface area contributed by atoms with Gasteiger partial charge in [-0.2, -0.15) is 4.98 Å². The Morgan fingerprint density at radius 3 is 2.55 bits per heavy atom. The highest BCUT2D eigenvalue weighted by atomic mass is 35.5. The highest BCUT2D eigenvalue weighted by Crippen LogP contribution is 2.23. The third-order valence-corrected chi connectivity index (χ3v) is 5.23. The van der Waals surface area contributed by atoms with Crippen LogP contribution in [0.2, 0.25) is 10.0 Å². The van der Waals surface area contributed by atoms with E-state index in [1.807, 2.05) is 0 Å². The first-order valence-corrected chi connectivity index (χ1v) is 9.25. The first kappa shape index (κ1) is 19.2. The van der Waals surface area contributed by atoms with Crippen molar-refractivity contribution >= 4 is 46.1 Å². The first-order valence-electron chi connectivity index (χ1n) is 8.50. The third kappa shape index (κ3) is 3.39. The van der Waals surface area contributed by atoms with Crippen molar-refractivity contribution in [2.75, 3.05) is 5.32 Å². The maximum absolute atomic E-state index is 13.1. The van der Waals surface area contributed by atoms with Crippen LogP contribution in [0.3, 0.4) is 0 Å². The molecular formula is C18H15Cl2N7O2. The van der Waals surface area contributed by atoms with Crippen LogP contribution in [0.5, 0.6) is 0 Å². The number of fused-ring (bicyclic) bond motifs is 1. The lowest BCUT2D eigenvalue weighted by atomic mass is 10.2. The summed E-state index contributed by atoms with van der Waals surface area (Å²) in [7, 11) is 3.25. The summed E-state index contributed by atoms with van der Waals surface area (Å²) in [5.41, 5.74) is 0.268. The Labute approximate surface area is 174 Å². The third-order valence-electron chi connectivity index (χ3n) is 4.49. The van der Waals surface area contributed by atoms with Crippen molar-refractivity contribution in [1.29, 1.82) is 0 Å². The van der Waals surface area contributed by atoms with Crippen LogP contribution in [0.15, 0.2) is 46.4 Å². The number of anilines is 2. The Hall–Kier alpha value is -3.17. The first-order chi connectivity index (χ1) is 13.9. The van der Waals surface area contributed by atoms with Gasteiger partial charge in [-0.1, -0.05) is 29.3 Å². The van der Waals surface area contributed by atoms with E-state index in [-0.39, 0.29) is 17.7 Å². The second-order valence-electron chi connectivity index (χ2n) is 6.36. The van der Waals surface area contributed by atoms with E-state index in [0.717, 1.165) is 4.57 Å². The van der Waals surface area contributed by atoms with Crippen LogP contribution in [0.25, 0.3) is 11.2 Å². The number of halogens is 2. The van der Waals surface area contributed by atoms with Gasteiger partial charge in [0.2, 0.25) is 5.95 Å². The molecule has 0 bridgehead atoms. The largest absolute Gasteiger partial charge is 0.332 e. The zero-order chi connectivity index (χ0) is 20.7. The van der Waals surface area contributed by atoms with Crippen LogP contribution < -0.4 is 16.6 Å². The molecule has 4 aromatic rings. The molecule has 3 heterocycles. The van der Waals surface area contributed by atoms with Crippen LogP contribution in [0, 0.1) is 0 Å². The topological polar surface area (TPSA) is 99.6 Å². The van der Waals surface area contributed by atoms with Gasteiger partial charge in [0.05, 0.1) is 22.8 Å². The molecule has 0 saturated heterocycles. The predicted molar refractivity (Wildman–Crippen MR) is 111 cm³/mol. The summed E-state index contributed by atoms with van der Waals surface area (Å²) >= 11 is 12.0. The predicted octanol–water partition coefficient (Wildman–Crippen LogP) is 2.32. The summed E-state index contributed by atoms with van der Waals surface area (Å²) < 4.78 is 4.04. The van der Waals surface area contributed by atoms with Gasteiger partial charge in [-0.25, -0.2) is 9.78 Å². The van der Waals surface area contributed by atoms with E-state index in [2.05, 4.69) is 20.3 Å². The van der Waals surface area contributed by atoms with E-state index < -0.39 is 11.2 Å². The molecule has 3 aromatic heterocycles. The molecule has 0 fully saturated rings. The quantitative estimate of drug-likeness (QED) is 0.532. The Balaban J connectivity index is 1.85. The molecule has 4 rings (SSSR count). The van der Waals surface area contributed by atoms with E-state index >= 15 is 0 Å². The van der Waals surface area contributed by atoms with Crippen molar-refractivity contribution in [2.24, 2.45) is 14.1 Å². The SMILES string of the molecule is Cn1c(Nc2cnccn2)nc2c1c(=O)n(Cc1ccc(Cl)c(Cl)c1)c(=O)n2C. The molecule has 0 amide bonds. The fraction of sp³-hybridized carbons (Fsp3) is 0.167. The van der Waals surface area contributed by atoms with Crippen molar-refractivity contribution in [2.45, 2.75) is 6.54 Å². The number of hydrogen-bond donors (Lipinski definition) is 1. The average Bonchev–Trinajstić information content (AvgIpc) is 3.03. The molecule has 0 radical (unpaired) electrons. The number of aromatic nitrogens is 6. The normalized spacial score (nSPS) is 11.2. The van der Waals surface area contributed by atoms with Gasteiger partial charge in [-0.05, 0) is 17.7 Å². The van der Waals surface area contributed by atoms with Gasteiger partial charge >= 0.3 is 5.69 Å². The van der Waals surface area contributed by atoms with E-state index in [1.54, 1.807) is 43.1 Å². The molecule has 0 spiro atoms. The van der Waals surface area contributed by atoms with Crippen molar-refractivity contribution in [3.05, 3.63) is 73.2 Å². The zero-order valence-corrected chi connectivity index (χ0v) is 16.9. The number of aryl methyl sites for hydroxylation is 2. The van der Waals surface area contributed by atoms with Crippen LogP contribution >= 0.6 is 23.2 Å². The molecule has 9 nitrogen and oxygen atoms in total. The minimum absolute atomic E-state index is 0.0520. The van der Waals surface area contributed by atoms with Crippen LogP contribution in [-0.2, 0) is 20.6 Å². The Kier molecular flexibility index (Phi) is 4.85. The molecule has 1 aromatic carbocycles. The number of rotatable bonds is 4. The van der Waals surface area contributed by atoms with Crippen molar-refractivity contribution < 1.29 is 0 Å². The maximum Gasteiger partial charge on any atom is 0.332 e. The standard InChI is InChI=1S/C18H15Cl2N7O2/c1-25-14-15(24-17(25)23-13-8-21-5-6-22-13)26(2)18(29)27(16(14)28)9-10-3-4-11(19)12(20)7-10/h3-8H,9H2,1-2H3,(H,22,23,24). The van der Waals surface area contributed by atoms with Gasteiger partial charge in [-0.3, -0.25) is 18.9 Å². The Morgan fingerprint density at radius 2 is 1.86 bits per heavy atom. The smallest absolute Gasteiger partial charge is 0.309 e. The van der Waals surface area contributed by atoms with E-state index in [1.165, 1.54) is 17.0 Å². The molecule has 0 unspecified atom stereocenters. The fourth-order valence-electron chi connectivity index (χ4n) is 2.99.